The third-order valence-electron chi connectivity index (χ3n) is 4.93. The summed E-state index contributed by atoms with van der Waals surface area (Å²) < 4.78 is 2.93. The van der Waals surface area contributed by atoms with Crippen molar-refractivity contribution in [3.63, 3.8) is 0 Å². The summed E-state index contributed by atoms with van der Waals surface area (Å²) in [7, 11) is 0. The number of aryl methyl sites for hydroxylation is 1. The van der Waals surface area contributed by atoms with Gasteiger partial charge in [-0.15, -0.1) is 11.8 Å². The molecule has 2 aromatic carbocycles. The first-order chi connectivity index (χ1) is 15.2. The lowest BCUT2D eigenvalue weighted by Crippen LogP contribution is -1.94. The zero-order valence-electron chi connectivity index (χ0n) is 17.5. The molecule has 0 spiro atoms. The average Bonchev–Trinajstić information content (AvgIpc) is 3.33. The van der Waals surface area contributed by atoms with Gasteiger partial charge >= 0.3 is 0 Å². The molecule has 4 rings (SSSR count). The minimum Gasteiger partial charge on any atom is -0.217 e. The highest BCUT2D eigenvalue weighted by Crippen LogP contribution is 2.42. The van der Waals surface area contributed by atoms with Crippen LogP contribution in [0.15, 0.2) is 46.8 Å². The molecule has 2 heterocycles. The van der Waals surface area contributed by atoms with Gasteiger partial charge in [0.2, 0.25) is 5.13 Å². The van der Waals surface area contributed by atoms with Crippen molar-refractivity contribution in [2.75, 3.05) is 0 Å². The molecule has 0 aliphatic carbocycles. The molecule has 0 N–H and O–H groups in total. The van der Waals surface area contributed by atoms with E-state index in [4.69, 9.17) is 56.5 Å². The van der Waals surface area contributed by atoms with Crippen LogP contribution in [0.4, 0.5) is 0 Å². The van der Waals surface area contributed by atoms with Gasteiger partial charge in [0.15, 0.2) is 0 Å². The van der Waals surface area contributed by atoms with E-state index >= 15 is 0 Å². The standard InChI is InChI=1S/C23H19Cl4N3S2/c1-4-12(2)31-22-21(14-5-6-19(26)20(27)9-14)28-23(32-22)30-11-18(13(3)29-30)15-7-16(24)10-17(25)8-15/h5-12H,4H2,1-3H3. The Balaban J connectivity index is 1.79. The van der Waals surface area contributed by atoms with Crippen molar-refractivity contribution < 1.29 is 0 Å². The van der Waals surface area contributed by atoms with Crippen LogP contribution in [0.5, 0.6) is 0 Å². The molecule has 2 aromatic heterocycles. The quantitative estimate of drug-likeness (QED) is 0.227. The number of aromatic nitrogens is 3. The van der Waals surface area contributed by atoms with Gasteiger partial charge in [0, 0.05) is 32.6 Å². The maximum absolute atomic E-state index is 6.29. The lowest BCUT2D eigenvalue weighted by atomic mass is 10.1. The first kappa shape index (κ1) is 23.9. The second kappa shape index (κ2) is 9.96. The molecule has 1 atom stereocenters. The highest BCUT2D eigenvalue weighted by molar-refractivity contribution is 8.01. The molecule has 3 nitrogen and oxygen atoms in total. The van der Waals surface area contributed by atoms with Gasteiger partial charge in [-0.05, 0) is 49.2 Å². The molecule has 9 heteroatoms. The Kier molecular flexibility index (Phi) is 7.45. The number of hydrogen-bond acceptors (Lipinski definition) is 4. The van der Waals surface area contributed by atoms with Crippen molar-refractivity contribution in [1.29, 1.82) is 0 Å². The number of rotatable bonds is 6. The molecule has 0 saturated heterocycles. The molecule has 0 bridgehead atoms. The molecule has 0 amide bonds. The van der Waals surface area contributed by atoms with Gasteiger partial charge < -0.3 is 0 Å². The lowest BCUT2D eigenvalue weighted by Gasteiger charge is -2.08. The summed E-state index contributed by atoms with van der Waals surface area (Å²) in [6, 6.07) is 11.1. The van der Waals surface area contributed by atoms with Crippen molar-refractivity contribution in [2.24, 2.45) is 0 Å². The zero-order chi connectivity index (χ0) is 23.0. The van der Waals surface area contributed by atoms with Crippen LogP contribution in [0.25, 0.3) is 27.5 Å². The minimum absolute atomic E-state index is 0.452. The summed E-state index contributed by atoms with van der Waals surface area (Å²) in [5, 5.41) is 8.15. The predicted molar refractivity (Wildman–Crippen MR) is 140 cm³/mol. The SMILES string of the molecule is CCC(C)Sc1sc(-n2cc(-c3cc(Cl)cc(Cl)c3)c(C)n2)nc1-c1ccc(Cl)c(Cl)c1. The predicted octanol–water partition coefficient (Wildman–Crippen LogP) is 9.48. The fraction of sp³-hybridized carbons (Fsp3) is 0.217. The van der Waals surface area contributed by atoms with Crippen LogP contribution in [0.1, 0.15) is 26.0 Å². The fourth-order valence-corrected chi connectivity index (χ4v) is 6.41. The Morgan fingerprint density at radius 3 is 2.38 bits per heavy atom. The zero-order valence-corrected chi connectivity index (χ0v) is 22.2. The molecule has 166 valence electrons. The normalized spacial score (nSPS) is 12.3. The topological polar surface area (TPSA) is 30.7 Å². The molecule has 32 heavy (non-hydrogen) atoms. The second-order valence-electron chi connectivity index (χ2n) is 7.33. The van der Waals surface area contributed by atoms with Gasteiger partial charge in [-0.3, -0.25) is 0 Å². The summed E-state index contributed by atoms with van der Waals surface area (Å²) in [5.74, 6) is 0. The Morgan fingerprint density at radius 2 is 1.72 bits per heavy atom. The largest absolute Gasteiger partial charge is 0.217 e. The van der Waals surface area contributed by atoms with Gasteiger partial charge in [-0.25, -0.2) is 9.67 Å². The van der Waals surface area contributed by atoms with Gasteiger partial charge in [0.25, 0.3) is 0 Å². The average molecular weight is 543 g/mol. The first-order valence-electron chi connectivity index (χ1n) is 9.91. The molecule has 0 radical (unpaired) electrons. The summed E-state index contributed by atoms with van der Waals surface area (Å²) in [4.78, 5) is 4.94. The van der Waals surface area contributed by atoms with Gasteiger partial charge in [0.1, 0.15) is 0 Å². The van der Waals surface area contributed by atoms with E-state index in [1.807, 2.05) is 42.1 Å². The number of benzene rings is 2. The lowest BCUT2D eigenvalue weighted by molar-refractivity contribution is 0.853. The Bertz CT molecular complexity index is 1260. The molecular weight excluding hydrogens is 524 g/mol. The van der Waals surface area contributed by atoms with Crippen LogP contribution in [0.3, 0.4) is 0 Å². The number of thiazole rings is 1. The highest BCUT2D eigenvalue weighted by atomic mass is 35.5. The maximum Gasteiger partial charge on any atom is 0.211 e. The van der Waals surface area contributed by atoms with E-state index in [2.05, 4.69) is 13.8 Å². The number of hydrogen-bond donors (Lipinski definition) is 0. The van der Waals surface area contributed by atoms with Crippen LogP contribution in [-0.4, -0.2) is 20.0 Å². The third-order valence-corrected chi connectivity index (χ3v) is 8.63. The highest BCUT2D eigenvalue weighted by Gasteiger charge is 2.19. The molecule has 0 aliphatic rings. The van der Waals surface area contributed by atoms with E-state index < -0.39 is 0 Å². The summed E-state index contributed by atoms with van der Waals surface area (Å²) in [6.45, 7) is 6.35. The van der Waals surface area contributed by atoms with Crippen LogP contribution >= 0.6 is 69.5 Å². The van der Waals surface area contributed by atoms with Crippen LogP contribution in [0.2, 0.25) is 20.1 Å². The van der Waals surface area contributed by atoms with Crippen molar-refractivity contribution in [1.82, 2.24) is 14.8 Å². The van der Waals surface area contributed by atoms with Crippen molar-refractivity contribution in [2.45, 2.75) is 36.7 Å². The van der Waals surface area contributed by atoms with E-state index in [1.54, 1.807) is 35.2 Å². The van der Waals surface area contributed by atoms with E-state index in [0.717, 1.165) is 43.8 Å². The molecule has 0 aliphatic heterocycles. The van der Waals surface area contributed by atoms with Gasteiger partial charge in [-0.1, -0.05) is 77.7 Å². The monoisotopic (exact) mass is 541 g/mol. The summed E-state index contributed by atoms with van der Waals surface area (Å²) in [6.07, 6.45) is 3.02. The van der Waals surface area contributed by atoms with Crippen LogP contribution in [-0.2, 0) is 0 Å². The smallest absolute Gasteiger partial charge is 0.211 e. The van der Waals surface area contributed by atoms with Crippen molar-refractivity contribution >= 4 is 69.5 Å². The molecule has 1 unspecified atom stereocenters. The van der Waals surface area contributed by atoms with Crippen molar-refractivity contribution in [3.05, 3.63) is 68.4 Å². The van der Waals surface area contributed by atoms with Gasteiger partial charge in [0.05, 0.1) is 25.6 Å². The number of halogens is 4. The molecule has 4 aromatic rings. The number of nitrogens with zero attached hydrogens (tertiary/aromatic N) is 3. The molecule has 0 fully saturated rings. The Labute approximate surface area is 215 Å². The van der Waals surface area contributed by atoms with E-state index in [0.29, 0.717) is 25.3 Å². The van der Waals surface area contributed by atoms with Crippen molar-refractivity contribution in [3.8, 4) is 27.5 Å². The second-order valence-corrected chi connectivity index (χ2v) is 11.7. The van der Waals surface area contributed by atoms with E-state index in [-0.39, 0.29) is 0 Å². The van der Waals surface area contributed by atoms with Crippen LogP contribution in [0, 0.1) is 6.92 Å². The number of thioether (sulfide) groups is 1. The molecular formula is C23H19Cl4N3S2. The van der Waals surface area contributed by atoms with E-state index in [9.17, 15) is 0 Å². The fourth-order valence-electron chi connectivity index (χ4n) is 3.12. The first-order valence-corrected chi connectivity index (χ1v) is 13.1. The molecule has 0 saturated carbocycles. The summed E-state index contributed by atoms with van der Waals surface area (Å²) >= 11 is 28.2. The maximum atomic E-state index is 6.29. The van der Waals surface area contributed by atoms with E-state index in [1.165, 1.54) is 0 Å². The van der Waals surface area contributed by atoms with Gasteiger partial charge in [-0.2, -0.15) is 5.10 Å². The minimum atomic E-state index is 0.452. The van der Waals surface area contributed by atoms with Crippen LogP contribution < -0.4 is 0 Å². The Hall–Kier alpha value is -1.21. The Morgan fingerprint density at radius 1 is 1.00 bits per heavy atom. The summed E-state index contributed by atoms with van der Waals surface area (Å²) in [5.41, 5.74) is 4.55. The third kappa shape index (κ3) is 5.14.